The van der Waals surface area contributed by atoms with Crippen LogP contribution in [0.15, 0.2) is 22.7 Å². The number of furan rings is 1. The smallest absolute Gasteiger partial charge is 0.255 e. The Balaban J connectivity index is 1.91. The normalized spacial score (nSPS) is 17.2. The van der Waals surface area contributed by atoms with Crippen molar-refractivity contribution in [1.29, 1.82) is 0 Å². The summed E-state index contributed by atoms with van der Waals surface area (Å²) in [6.07, 6.45) is 1.68. The van der Waals surface area contributed by atoms with Gasteiger partial charge in [-0.15, -0.1) is 0 Å². The number of nitrogens with zero attached hydrogens (tertiary/aromatic N) is 4. The number of rotatable bonds is 3. The Morgan fingerprint density at radius 1 is 1.31 bits per heavy atom. The molecule has 29 heavy (non-hydrogen) atoms. The molecular weight excluding hydrogens is 370 g/mol. The highest BCUT2D eigenvalue weighted by atomic mass is 16.3. The molecule has 4 rings (SSSR count). The largest absolute Gasteiger partial charge is 0.466 e. The van der Waals surface area contributed by atoms with E-state index in [1.54, 1.807) is 24.1 Å². The number of aryl methyl sites for hydroxylation is 2. The van der Waals surface area contributed by atoms with E-state index in [0.717, 1.165) is 17.1 Å². The van der Waals surface area contributed by atoms with Gasteiger partial charge in [-0.25, -0.2) is 9.67 Å². The van der Waals surface area contributed by atoms with Crippen LogP contribution in [-0.4, -0.2) is 50.6 Å². The van der Waals surface area contributed by atoms with Crippen molar-refractivity contribution in [2.24, 2.45) is 0 Å². The highest BCUT2D eigenvalue weighted by Gasteiger charge is 2.32. The number of hydrogen-bond donors (Lipinski definition) is 1. The fraction of sp³-hybridized carbons (Fsp3) is 0.429. The van der Waals surface area contributed by atoms with Crippen LogP contribution in [-0.2, 0) is 4.79 Å². The summed E-state index contributed by atoms with van der Waals surface area (Å²) in [6, 6.07) is 3.27. The molecule has 1 atom stereocenters. The molecule has 1 saturated heterocycles. The fourth-order valence-electron chi connectivity index (χ4n) is 3.81. The van der Waals surface area contributed by atoms with Crippen LogP contribution >= 0.6 is 0 Å². The van der Waals surface area contributed by atoms with Gasteiger partial charge in [-0.1, -0.05) is 0 Å². The summed E-state index contributed by atoms with van der Waals surface area (Å²) in [4.78, 5) is 32.0. The lowest BCUT2D eigenvalue weighted by atomic mass is 10.0. The zero-order chi connectivity index (χ0) is 20.9. The predicted molar refractivity (Wildman–Crippen MR) is 109 cm³/mol. The van der Waals surface area contributed by atoms with Crippen LogP contribution in [0.2, 0.25) is 0 Å². The molecule has 1 aliphatic rings. The van der Waals surface area contributed by atoms with Crippen molar-refractivity contribution >= 4 is 22.8 Å². The maximum atomic E-state index is 13.5. The molecule has 0 spiro atoms. The highest BCUT2D eigenvalue weighted by Crippen LogP contribution is 2.31. The zero-order valence-electron chi connectivity index (χ0n) is 17.3. The molecule has 1 fully saturated rings. The molecule has 0 aromatic carbocycles. The minimum Gasteiger partial charge on any atom is -0.466 e. The van der Waals surface area contributed by atoms with E-state index >= 15 is 0 Å². The molecule has 3 aromatic rings. The van der Waals surface area contributed by atoms with Gasteiger partial charge in [-0.05, 0) is 46.8 Å². The minimum absolute atomic E-state index is 0.0880. The Hall–Kier alpha value is -3.16. The monoisotopic (exact) mass is 395 g/mol. The molecule has 2 amide bonds. The SMILES string of the molecule is Cc1cc(-c2cc(C(=O)N3CCNC(=O)C3C)c3cnn(C(C)C)c3n2)c(C)o1. The second kappa shape index (κ2) is 7.02. The average molecular weight is 395 g/mol. The van der Waals surface area contributed by atoms with E-state index in [1.807, 2.05) is 38.4 Å². The van der Waals surface area contributed by atoms with Gasteiger partial charge in [0.05, 0.1) is 22.8 Å². The molecule has 4 heterocycles. The lowest BCUT2D eigenvalue weighted by molar-refractivity contribution is -0.127. The Morgan fingerprint density at radius 2 is 2.07 bits per heavy atom. The molecule has 1 N–H and O–H groups in total. The zero-order valence-corrected chi connectivity index (χ0v) is 17.3. The molecule has 1 aliphatic heterocycles. The third kappa shape index (κ3) is 3.18. The van der Waals surface area contributed by atoms with Gasteiger partial charge < -0.3 is 14.6 Å². The Bertz CT molecular complexity index is 1110. The van der Waals surface area contributed by atoms with Crippen molar-refractivity contribution in [3.63, 3.8) is 0 Å². The molecule has 1 unspecified atom stereocenters. The fourth-order valence-corrected chi connectivity index (χ4v) is 3.81. The quantitative estimate of drug-likeness (QED) is 0.736. The van der Waals surface area contributed by atoms with Gasteiger partial charge in [0.15, 0.2) is 5.65 Å². The first kappa shape index (κ1) is 19.2. The number of fused-ring (bicyclic) bond motifs is 1. The Labute approximate surface area is 168 Å². The van der Waals surface area contributed by atoms with Crippen LogP contribution in [0.5, 0.6) is 0 Å². The van der Waals surface area contributed by atoms with Crippen LogP contribution in [0, 0.1) is 13.8 Å². The Kier molecular flexibility index (Phi) is 4.64. The summed E-state index contributed by atoms with van der Waals surface area (Å²) in [6.45, 7) is 10.5. The average Bonchev–Trinajstić information content (AvgIpc) is 3.25. The summed E-state index contributed by atoms with van der Waals surface area (Å²) in [5, 5.41) is 7.94. The first-order valence-corrected chi connectivity index (χ1v) is 9.82. The highest BCUT2D eigenvalue weighted by molar-refractivity contribution is 6.08. The van der Waals surface area contributed by atoms with Gasteiger partial charge in [0.2, 0.25) is 5.91 Å². The van der Waals surface area contributed by atoms with Gasteiger partial charge in [0.1, 0.15) is 17.6 Å². The summed E-state index contributed by atoms with van der Waals surface area (Å²) >= 11 is 0. The van der Waals surface area contributed by atoms with E-state index in [-0.39, 0.29) is 17.9 Å². The molecular formula is C21H25N5O3. The second-order valence-corrected chi connectivity index (χ2v) is 7.77. The van der Waals surface area contributed by atoms with E-state index in [1.165, 1.54) is 0 Å². The molecule has 0 aliphatic carbocycles. The van der Waals surface area contributed by atoms with Crippen molar-refractivity contribution in [2.75, 3.05) is 13.1 Å². The van der Waals surface area contributed by atoms with Gasteiger partial charge in [-0.3, -0.25) is 9.59 Å². The first-order valence-electron chi connectivity index (χ1n) is 9.82. The lowest BCUT2D eigenvalue weighted by Crippen LogP contribution is -2.55. The maximum Gasteiger partial charge on any atom is 0.255 e. The Morgan fingerprint density at radius 3 is 2.72 bits per heavy atom. The van der Waals surface area contributed by atoms with Crippen LogP contribution in [0.25, 0.3) is 22.3 Å². The van der Waals surface area contributed by atoms with E-state index in [4.69, 9.17) is 9.40 Å². The van der Waals surface area contributed by atoms with E-state index in [2.05, 4.69) is 10.4 Å². The van der Waals surface area contributed by atoms with Crippen molar-refractivity contribution in [1.82, 2.24) is 25.0 Å². The molecule has 3 aromatic heterocycles. The first-order chi connectivity index (χ1) is 13.8. The number of hydrogen-bond acceptors (Lipinski definition) is 5. The van der Waals surface area contributed by atoms with Crippen LogP contribution < -0.4 is 5.32 Å². The standard InChI is InChI=1S/C21H25N5O3/c1-11(2)26-19-17(10-23-26)16(21(28)25-7-6-22-20(27)13(25)4)9-18(24-19)15-8-12(3)29-14(15)5/h8-11,13H,6-7H2,1-5H3,(H,22,27). The number of carbonyl (C=O) groups excluding carboxylic acids is 2. The number of amides is 2. The third-order valence-electron chi connectivity index (χ3n) is 5.36. The topological polar surface area (TPSA) is 93.3 Å². The minimum atomic E-state index is -0.527. The number of carbonyl (C=O) groups is 2. The predicted octanol–water partition coefficient (Wildman–Crippen LogP) is 2.85. The van der Waals surface area contributed by atoms with Crippen molar-refractivity contribution in [3.05, 3.63) is 35.4 Å². The van der Waals surface area contributed by atoms with Gasteiger partial charge in [0.25, 0.3) is 5.91 Å². The summed E-state index contributed by atoms with van der Waals surface area (Å²) < 4.78 is 7.49. The molecule has 8 nitrogen and oxygen atoms in total. The van der Waals surface area contributed by atoms with Crippen LogP contribution in [0.4, 0.5) is 0 Å². The van der Waals surface area contributed by atoms with Gasteiger partial charge in [-0.2, -0.15) is 5.10 Å². The van der Waals surface area contributed by atoms with Gasteiger partial charge in [0, 0.05) is 24.7 Å². The number of aromatic nitrogens is 3. The number of nitrogens with one attached hydrogen (secondary N) is 1. The van der Waals surface area contributed by atoms with E-state index in [0.29, 0.717) is 35.4 Å². The summed E-state index contributed by atoms with van der Waals surface area (Å²) in [5.41, 5.74) is 2.65. The molecule has 8 heteroatoms. The van der Waals surface area contributed by atoms with Crippen LogP contribution in [0.1, 0.15) is 48.7 Å². The second-order valence-electron chi connectivity index (χ2n) is 7.77. The van der Waals surface area contributed by atoms with Crippen molar-refractivity contribution < 1.29 is 14.0 Å². The molecule has 152 valence electrons. The number of piperazine rings is 1. The van der Waals surface area contributed by atoms with E-state index in [9.17, 15) is 9.59 Å². The molecule has 0 saturated carbocycles. The van der Waals surface area contributed by atoms with Crippen LogP contribution in [0.3, 0.4) is 0 Å². The lowest BCUT2D eigenvalue weighted by Gasteiger charge is -2.33. The maximum absolute atomic E-state index is 13.5. The van der Waals surface area contributed by atoms with Crippen molar-refractivity contribution in [3.8, 4) is 11.3 Å². The summed E-state index contributed by atoms with van der Waals surface area (Å²) in [7, 11) is 0. The van der Waals surface area contributed by atoms with E-state index < -0.39 is 6.04 Å². The number of pyridine rings is 1. The molecule has 0 bridgehead atoms. The summed E-state index contributed by atoms with van der Waals surface area (Å²) in [5.74, 6) is 1.19. The molecule has 0 radical (unpaired) electrons. The third-order valence-corrected chi connectivity index (χ3v) is 5.36. The van der Waals surface area contributed by atoms with Crippen molar-refractivity contribution in [2.45, 2.75) is 46.7 Å². The van der Waals surface area contributed by atoms with Gasteiger partial charge >= 0.3 is 0 Å².